The number of carboxylic acid groups (broad SMARTS) is 1. The van der Waals surface area contributed by atoms with Crippen molar-refractivity contribution in [3.63, 3.8) is 0 Å². The highest BCUT2D eigenvalue weighted by molar-refractivity contribution is 6.13. The van der Waals surface area contributed by atoms with Gasteiger partial charge < -0.3 is 30.7 Å². The lowest BCUT2D eigenvalue weighted by molar-refractivity contribution is -0.142. The second-order valence-electron chi connectivity index (χ2n) is 9.56. The van der Waals surface area contributed by atoms with Crippen molar-refractivity contribution in [2.45, 2.75) is 51.3 Å². The van der Waals surface area contributed by atoms with Crippen LogP contribution >= 0.6 is 0 Å². The number of hydrogen-bond donors (Lipinski definition) is 4. The minimum absolute atomic E-state index is 0.0928. The molecule has 2 aliphatic rings. The summed E-state index contributed by atoms with van der Waals surface area (Å²) in [5.41, 5.74) is 1.20. The van der Waals surface area contributed by atoms with Gasteiger partial charge >= 0.3 is 11.9 Å². The number of esters is 1. The summed E-state index contributed by atoms with van der Waals surface area (Å²) in [6, 6.07) is 4.31. The fourth-order valence-electron chi connectivity index (χ4n) is 4.34. The third-order valence-corrected chi connectivity index (χ3v) is 6.45. The first-order valence-corrected chi connectivity index (χ1v) is 13.1. The number of aliphatic carboxylic acids is 1. The Hall–Kier alpha value is -5.08. The number of hydrogen-bond acceptors (Lipinski definition) is 9. The van der Waals surface area contributed by atoms with Gasteiger partial charge in [0, 0.05) is 44.3 Å². The van der Waals surface area contributed by atoms with Gasteiger partial charge in [-0.15, -0.1) is 0 Å². The number of nitrogens with zero attached hydrogens (tertiary/aromatic N) is 2. The Labute approximate surface area is 240 Å². The van der Waals surface area contributed by atoms with Crippen molar-refractivity contribution < 1.29 is 48.2 Å². The van der Waals surface area contributed by atoms with Crippen LogP contribution in [-0.2, 0) is 49.7 Å². The van der Waals surface area contributed by atoms with E-state index < -0.39 is 72.4 Å². The highest BCUT2D eigenvalue weighted by atomic mass is 16.5. The van der Waals surface area contributed by atoms with Crippen LogP contribution in [-0.4, -0.2) is 94.0 Å². The summed E-state index contributed by atoms with van der Waals surface area (Å²) in [4.78, 5) is 98.3. The predicted octanol–water partition coefficient (Wildman–Crippen LogP) is -0.930. The van der Waals surface area contributed by atoms with Crippen LogP contribution in [0.2, 0.25) is 0 Å². The van der Waals surface area contributed by atoms with Crippen LogP contribution < -0.4 is 16.0 Å². The summed E-state index contributed by atoms with van der Waals surface area (Å²) in [5.74, 6) is -5.68. The third kappa shape index (κ3) is 8.97. The fraction of sp³-hybridized carbons (Fsp3) is 0.407. The van der Waals surface area contributed by atoms with Gasteiger partial charge in [-0.05, 0) is 30.5 Å². The fourth-order valence-corrected chi connectivity index (χ4v) is 4.34. The third-order valence-electron chi connectivity index (χ3n) is 6.45. The summed E-state index contributed by atoms with van der Waals surface area (Å²) < 4.78 is 4.92. The topological polar surface area (TPSA) is 209 Å². The lowest BCUT2D eigenvalue weighted by atomic mass is 10.1. The highest BCUT2D eigenvalue weighted by Crippen LogP contribution is 2.20. The molecule has 0 aliphatic carbocycles. The normalized spacial score (nSPS) is 16.6. The lowest BCUT2D eigenvalue weighted by Crippen LogP contribution is -2.52. The number of carboxylic acids is 1. The van der Waals surface area contributed by atoms with E-state index in [0.29, 0.717) is 18.5 Å². The summed E-state index contributed by atoms with van der Waals surface area (Å²) in [7, 11) is 0. The first-order valence-electron chi connectivity index (χ1n) is 13.1. The number of imide groups is 1. The van der Waals surface area contributed by atoms with Crippen LogP contribution in [0.5, 0.6) is 0 Å². The first-order chi connectivity index (χ1) is 19.9. The maximum absolute atomic E-state index is 12.9. The van der Waals surface area contributed by atoms with Gasteiger partial charge in [0.25, 0.3) is 11.8 Å². The van der Waals surface area contributed by atoms with Crippen LogP contribution in [0.15, 0.2) is 36.4 Å². The molecule has 1 aromatic rings. The second-order valence-corrected chi connectivity index (χ2v) is 9.56. The van der Waals surface area contributed by atoms with E-state index >= 15 is 0 Å². The molecule has 0 bridgehead atoms. The molecule has 2 aliphatic heterocycles. The molecule has 1 saturated heterocycles. The number of carbonyl (C=O) groups excluding carboxylic acids is 7. The van der Waals surface area contributed by atoms with Gasteiger partial charge in [0.05, 0.1) is 13.0 Å². The van der Waals surface area contributed by atoms with E-state index in [9.17, 15) is 43.5 Å². The number of amides is 6. The maximum atomic E-state index is 12.9. The quantitative estimate of drug-likeness (QED) is 0.165. The van der Waals surface area contributed by atoms with Crippen molar-refractivity contribution in [3.8, 4) is 0 Å². The van der Waals surface area contributed by atoms with Gasteiger partial charge in [0.1, 0.15) is 18.7 Å². The molecule has 224 valence electrons. The molecule has 0 saturated carbocycles. The highest BCUT2D eigenvalue weighted by Gasteiger charge is 2.34. The SMILES string of the molecule is CC(=O)OCc1ccc(NC(=O)[C@@H]2CCCN2C(=O)CNC(=O)[C@H](CC(=O)O)NC(=O)CCN2C(=O)C=CC2=O)cc1. The van der Waals surface area contributed by atoms with E-state index in [-0.39, 0.29) is 26.1 Å². The number of likely N-dealkylation sites (tertiary alicyclic amines) is 1. The van der Waals surface area contributed by atoms with Crippen molar-refractivity contribution >= 4 is 53.1 Å². The predicted molar refractivity (Wildman–Crippen MR) is 143 cm³/mol. The molecule has 2 atom stereocenters. The molecule has 0 radical (unpaired) electrons. The summed E-state index contributed by atoms with van der Waals surface area (Å²) >= 11 is 0. The van der Waals surface area contributed by atoms with Gasteiger partial charge in [-0.3, -0.25) is 43.3 Å². The zero-order valence-electron chi connectivity index (χ0n) is 22.8. The first kappa shape index (κ1) is 31.4. The van der Waals surface area contributed by atoms with Crippen molar-refractivity contribution in [2.75, 3.05) is 25.0 Å². The standard InChI is InChI=1S/C27H31N5O10/c1-16(33)42-15-17-4-6-18(7-5-17)29-27(41)20-3-2-11-31(20)24(37)14-28-26(40)19(13-25(38)39)30-21(34)10-12-32-22(35)8-9-23(32)36/h4-9,19-20H,2-3,10-15H2,1H3,(H,28,40)(H,29,41)(H,30,34)(H,38,39)/t19-,20-/m0/s1. The van der Waals surface area contributed by atoms with Crippen LogP contribution in [0.4, 0.5) is 5.69 Å². The van der Waals surface area contributed by atoms with E-state index in [1.807, 2.05) is 0 Å². The Balaban J connectivity index is 1.50. The summed E-state index contributed by atoms with van der Waals surface area (Å²) in [6.07, 6.45) is 1.92. The summed E-state index contributed by atoms with van der Waals surface area (Å²) in [5, 5.41) is 16.5. The Kier molecular flexibility index (Phi) is 10.9. The Morgan fingerprint density at radius 1 is 1.05 bits per heavy atom. The van der Waals surface area contributed by atoms with Crippen LogP contribution in [0.25, 0.3) is 0 Å². The molecular weight excluding hydrogens is 554 g/mol. The average molecular weight is 586 g/mol. The minimum Gasteiger partial charge on any atom is -0.481 e. The van der Waals surface area contributed by atoms with Crippen LogP contribution in [0.3, 0.4) is 0 Å². The number of carbonyl (C=O) groups is 8. The smallest absolute Gasteiger partial charge is 0.305 e. The van der Waals surface area contributed by atoms with E-state index in [2.05, 4.69) is 16.0 Å². The molecular formula is C27H31N5O10. The van der Waals surface area contributed by atoms with E-state index in [4.69, 9.17) is 4.74 Å². The average Bonchev–Trinajstić information content (AvgIpc) is 3.56. The number of anilines is 1. The molecule has 0 unspecified atom stereocenters. The van der Waals surface area contributed by atoms with Gasteiger partial charge in [-0.25, -0.2) is 0 Å². The Morgan fingerprint density at radius 2 is 1.71 bits per heavy atom. The van der Waals surface area contributed by atoms with Crippen LogP contribution in [0.1, 0.15) is 38.2 Å². The van der Waals surface area contributed by atoms with Gasteiger partial charge in [-0.2, -0.15) is 0 Å². The summed E-state index contributed by atoms with van der Waals surface area (Å²) in [6.45, 7) is 0.864. The Bertz CT molecular complexity index is 1270. The molecule has 1 aromatic carbocycles. The number of benzene rings is 1. The minimum atomic E-state index is -1.52. The molecule has 42 heavy (non-hydrogen) atoms. The van der Waals surface area contributed by atoms with Crippen LogP contribution in [0, 0.1) is 0 Å². The van der Waals surface area contributed by atoms with Crippen molar-refractivity contribution in [1.29, 1.82) is 0 Å². The largest absolute Gasteiger partial charge is 0.481 e. The molecule has 15 heteroatoms. The van der Waals surface area contributed by atoms with E-state index in [1.54, 1.807) is 24.3 Å². The van der Waals surface area contributed by atoms with Gasteiger partial charge in [0.15, 0.2) is 0 Å². The number of rotatable bonds is 13. The Morgan fingerprint density at radius 3 is 2.33 bits per heavy atom. The van der Waals surface area contributed by atoms with Gasteiger partial charge in [-0.1, -0.05) is 12.1 Å². The molecule has 3 rings (SSSR count). The molecule has 0 aromatic heterocycles. The molecule has 0 spiro atoms. The van der Waals surface area contributed by atoms with E-state index in [0.717, 1.165) is 22.6 Å². The maximum Gasteiger partial charge on any atom is 0.305 e. The lowest BCUT2D eigenvalue weighted by Gasteiger charge is -2.25. The van der Waals surface area contributed by atoms with Crippen molar-refractivity contribution in [3.05, 3.63) is 42.0 Å². The van der Waals surface area contributed by atoms with E-state index in [1.165, 1.54) is 11.8 Å². The number of ether oxygens (including phenoxy) is 1. The zero-order chi connectivity index (χ0) is 30.8. The monoisotopic (exact) mass is 585 g/mol. The molecule has 15 nitrogen and oxygen atoms in total. The second kappa shape index (κ2) is 14.5. The van der Waals surface area contributed by atoms with Crippen molar-refractivity contribution in [2.24, 2.45) is 0 Å². The molecule has 2 heterocycles. The molecule has 6 amide bonds. The molecule has 4 N–H and O–H groups in total. The zero-order valence-corrected chi connectivity index (χ0v) is 22.8. The molecule has 1 fully saturated rings. The van der Waals surface area contributed by atoms with Crippen molar-refractivity contribution in [1.82, 2.24) is 20.4 Å². The number of nitrogens with one attached hydrogen (secondary N) is 3. The van der Waals surface area contributed by atoms with Gasteiger partial charge in [0.2, 0.25) is 23.6 Å².